The van der Waals surface area contributed by atoms with Gasteiger partial charge < -0.3 is 20.3 Å². The van der Waals surface area contributed by atoms with Crippen molar-refractivity contribution in [1.29, 1.82) is 0 Å². The molecule has 2 aliphatic heterocycles. The maximum Gasteiger partial charge on any atom is 0.315 e. The zero-order valence-corrected chi connectivity index (χ0v) is 13.1. The molecule has 2 atom stereocenters. The number of para-hydroxylation sites is 1. The molecule has 0 saturated carbocycles. The average molecular weight is 303 g/mol. The second-order valence-electron chi connectivity index (χ2n) is 6.27. The normalized spacial score (nSPS) is 26.0. The van der Waals surface area contributed by atoms with E-state index in [1.165, 1.54) is 5.69 Å². The number of rotatable bonds is 3. The molecule has 1 aromatic carbocycles. The van der Waals surface area contributed by atoms with E-state index in [1.807, 2.05) is 6.07 Å². The van der Waals surface area contributed by atoms with Gasteiger partial charge in [-0.05, 0) is 38.3 Å². The molecule has 0 bridgehead atoms. The average Bonchev–Trinajstić information content (AvgIpc) is 2.89. The minimum atomic E-state index is -0.0426. The van der Waals surface area contributed by atoms with Gasteiger partial charge in [-0.25, -0.2) is 4.79 Å². The first-order valence-corrected chi connectivity index (χ1v) is 8.19. The lowest BCUT2D eigenvalue weighted by atomic mass is 10.1. The van der Waals surface area contributed by atoms with Crippen molar-refractivity contribution in [3.63, 3.8) is 0 Å². The van der Waals surface area contributed by atoms with Gasteiger partial charge >= 0.3 is 6.03 Å². The van der Waals surface area contributed by atoms with Crippen LogP contribution in [-0.4, -0.2) is 43.9 Å². The van der Waals surface area contributed by atoms with Crippen LogP contribution in [0, 0.1) is 0 Å². The van der Waals surface area contributed by atoms with E-state index in [-0.39, 0.29) is 18.1 Å². The second kappa shape index (κ2) is 7.01. The fourth-order valence-electron chi connectivity index (χ4n) is 3.37. The van der Waals surface area contributed by atoms with Gasteiger partial charge in [-0.2, -0.15) is 0 Å². The molecule has 2 aliphatic rings. The van der Waals surface area contributed by atoms with Gasteiger partial charge in [0.2, 0.25) is 0 Å². The lowest BCUT2D eigenvalue weighted by molar-refractivity contribution is 0.0800. The van der Waals surface area contributed by atoms with Crippen molar-refractivity contribution in [2.24, 2.45) is 0 Å². The SMILES string of the molecule is CC1CC(NC(=O)NC2CCOCC2)CN1c1ccccc1. The fraction of sp³-hybridized carbons (Fsp3) is 0.588. The first kappa shape index (κ1) is 15.2. The van der Waals surface area contributed by atoms with E-state index in [2.05, 4.69) is 46.7 Å². The predicted molar refractivity (Wildman–Crippen MR) is 87.2 cm³/mol. The number of ether oxygens (including phenoxy) is 1. The Balaban J connectivity index is 1.50. The van der Waals surface area contributed by atoms with Gasteiger partial charge in [-0.15, -0.1) is 0 Å². The van der Waals surface area contributed by atoms with Crippen molar-refractivity contribution < 1.29 is 9.53 Å². The predicted octanol–water partition coefficient (Wildman–Crippen LogP) is 2.13. The molecule has 3 rings (SSSR count). The van der Waals surface area contributed by atoms with E-state index in [9.17, 15) is 4.79 Å². The number of carbonyl (C=O) groups excluding carboxylic acids is 1. The molecule has 22 heavy (non-hydrogen) atoms. The Bertz CT molecular complexity index is 488. The first-order valence-electron chi connectivity index (χ1n) is 8.19. The molecule has 0 radical (unpaired) electrons. The second-order valence-corrected chi connectivity index (χ2v) is 6.27. The minimum absolute atomic E-state index is 0.0426. The monoisotopic (exact) mass is 303 g/mol. The number of nitrogens with one attached hydrogen (secondary N) is 2. The van der Waals surface area contributed by atoms with Crippen LogP contribution in [0.5, 0.6) is 0 Å². The van der Waals surface area contributed by atoms with E-state index in [0.717, 1.165) is 39.0 Å². The van der Waals surface area contributed by atoms with E-state index in [4.69, 9.17) is 4.74 Å². The molecule has 2 N–H and O–H groups in total. The van der Waals surface area contributed by atoms with Gasteiger partial charge in [0.05, 0.1) is 6.04 Å². The summed E-state index contributed by atoms with van der Waals surface area (Å²) in [6.45, 7) is 4.57. The summed E-state index contributed by atoms with van der Waals surface area (Å²) in [5.41, 5.74) is 1.23. The molecule has 0 aromatic heterocycles. The van der Waals surface area contributed by atoms with Gasteiger partial charge in [0.15, 0.2) is 0 Å². The highest BCUT2D eigenvalue weighted by molar-refractivity contribution is 5.74. The molecule has 2 fully saturated rings. The van der Waals surface area contributed by atoms with Gasteiger partial charge in [0.25, 0.3) is 0 Å². The molecule has 2 saturated heterocycles. The number of hydrogen-bond acceptors (Lipinski definition) is 3. The molecular formula is C17H25N3O2. The van der Waals surface area contributed by atoms with Gasteiger partial charge in [0.1, 0.15) is 0 Å². The van der Waals surface area contributed by atoms with Crippen molar-refractivity contribution in [3.8, 4) is 0 Å². The quantitative estimate of drug-likeness (QED) is 0.899. The minimum Gasteiger partial charge on any atom is -0.381 e. The Kier molecular flexibility index (Phi) is 4.83. The van der Waals surface area contributed by atoms with Crippen LogP contribution < -0.4 is 15.5 Å². The lowest BCUT2D eigenvalue weighted by Crippen LogP contribution is -2.48. The molecule has 2 amide bonds. The third-order valence-electron chi connectivity index (χ3n) is 4.55. The summed E-state index contributed by atoms with van der Waals surface area (Å²) in [6, 6.07) is 11.2. The van der Waals surface area contributed by atoms with Gasteiger partial charge in [-0.3, -0.25) is 0 Å². The summed E-state index contributed by atoms with van der Waals surface area (Å²) >= 11 is 0. The van der Waals surface area contributed by atoms with Crippen molar-refractivity contribution in [1.82, 2.24) is 10.6 Å². The summed E-state index contributed by atoms with van der Waals surface area (Å²) in [4.78, 5) is 14.5. The standard InChI is InChI=1S/C17H25N3O2/c1-13-11-15(12-20(13)16-5-3-2-4-6-16)19-17(21)18-14-7-9-22-10-8-14/h2-6,13-15H,7-12H2,1H3,(H2,18,19,21). The number of benzene rings is 1. The van der Waals surface area contributed by atoms with Crippen molar-refractivity contribution in [2.75, 3.05) is 24.7 Å². The number of nitrogens with zero attached hydrogens (tertiary/aromatic N) is 1. The third kappa shape index (κ3) is 3.71. The molecule has 2 heterocycles. The van der Waals surface area contributed by atoms with Crippen LogP contribution in [0.25, 0.3) is 0 Å². The van der Waals surface area contributed by atoms with Crippen LogP contribution in [0.3, 0.4) is 0 Å². The number of anilines is 1. The van der Waals surface area contributed by atoms with E-state index in [0.29, 0.717) is 6.04 Å². The molecule has 5 heteroatoms. The Morgan fingerprint density at radius 2 is 1.82 bits per heavy atom. The Morgan fingerprint density at radius 3 is 2.55 bits per heavy atom. The Morgan fingerprint density at radius 1 is 1.14 bits per heavy atom. The van der Waals surface area contributed by atoms with Crippen LogP contribution in [0.15, 0.2) is 30.3 Å². The largest absolute Gasteiger partial charge is 0.381 e. The van der Waals surface area contributed by atoms with Crippen LogP contribution in [0.1, 0.15) is 26.2 Å². The zero-order valence-electron chi connectivity index (χ0n) is 13.1. The number of amides is 2. The Labute approximate surface area is 132 Å². The Hall–Kier alpha value is -1.75. The topological polar surface area (TPSA) is 53.6 Å². The summed E-state index contributed by atoms with van der Waals surface area (Å²) in [5, 5.41) is 6.19. The van der Waals surface area contributed by atoms with Crippen LogP contribution in [-0.2, 0) is 4.74 Å². The first-order chi connectivity index (χ1) is 10.7. The molecular weight excluding hydrogens is 278 g/mol. The van der Waals surface area contributed by atoms with Crippen molar-refractivity contribution >= 4 is 11.7 Å². The van der Waals surface area contributed by atoms with Crippen LogP contribution in [0.4, 0.5) is 10.5 Å². The highest BCUT2D eigenvalue weighted by Gasteiger charge is 2.30. The molecule has 5 nitrogen and oxygen atoms in total. The summed E-state index contributed by atoms with van der Waals surface area (Å²) in [6.07, 6.45) is 2.80. The number of urea groups is 1. The van der Waals surface area contributed by atoms with Crippen molar-refractivity contribution in [3.05, 3.63) is 30.3 Å². The maximum absolute atomic E-state index is 12.1. The number of hydrogen-bond donors (Lipinski definition) is 2. The van der Waals surface area contributed by atoms with E-state index < -0.39 is 0 Å². The van der Waals surface area contributed by atoms with Crippen molar-refractivity contribution in [2.45, 2.75) is 44.3 Å². The molecule has 0 aliphatic carbocycles. The summed E-state index contributed by atoms with van der Waals surface area (Å²) < 4.78 is 5.31. The lowest BCUT2D eigenvalue weighted by Gasteiger charge is -2.25. The highest BCUT2D eigenvalue weighted by Crippen LogP contribution is 2.25. The number of carbonyl (C=O) groups is 1. The molecule has 2 unspecified atom stereocenters. The maximum atomic E-state index is 12.1. The van der Waals surface area contributed by atoms with E-state index in [1.54, 1.807) is 0 Å². The summed E-state index contributed by atoms with van der Waals surface area (Å²) in [7, 11) is 0. The molecule has 0 spiro atoms. The smallest absolute Gasteiger partial charge is 0.315 e. The van der Waals surface area contributed by atoms with Gasteiger partial charge in [0, 0.05) is 37.5 Å². The highest BCUT2D eigenvalue weighted by atomic mass is 16.5. The zero-order chi connectivity index (χ0) is 15.4. The van der Waals surface area contributed by atoms with Crippen LogP contribution in [0.2, 0.25) is 0 Å². The van der Waals surface area contributed by atoms with Crippen LogP contribution >= 0.6 is 0 Å². The van der Waals surface area contributed by atoms with Gasteiger partial charge in [-0.1, -0.05) is 18.2 Å². The molecule has 120 valence electrons. The van der Waals surface area contributed by atoms with E-state index >= 15 is 0 Å². The third-order valence-corrected chi connectivity index (χ3v) is 4.55. The fourth-order valence-corrected chi connectivity index (χ4v) is 3.37. The molecule has 1 aromatic rings. The summed E-state index contributed by atoms with van der Waals surface area (Å²) in [5.74, 6) is 0.